The van der Waals surface area contributed by atoms with Crippen molar-refractivity contribution in [1.29, 1.82) is 0 Å². The molecule has 0 fully saturated rings. The molecule has 2 aromatic rings. The highest BCUT2D eigenvalue weighted by atomic mass is 16.5. The predicted octanol–water partition coefficient (Wildman–Crippen LogP) is 2.46. The molecule has 0 bridgehead atoms. The Kier molecular flexibility index (Phi) is 5.62. The van der Waals surface area contributed by atoms with Crippen LogP contribution >= 0.6 is 0 Å². The van der Waals surface area contributed by atoms with Crippen LogP contribution in [-0.2, 0) is 13.6 Å². The second-order valence-corrected chi connectivity index (χ2v) is 5.11. The zero-order chi connectivity index (χ0) is 16.8. The number of rotatable bonds is 7. The Hall–Kier alpha value is -2.50. The summed E-state index contributed by atoms with van der Waals surface area (Å²) in [6, 6.07) is 7.14. The summed E-state index contributed by atoms with van der Waals surface area (Å²) in [6.07, 6.45) is 0. The van der Waals surface area contributed by atoms with Crippen molar-refractivity contribution < 1.29 is 14.3 Å². The minimum atomic E-state index is -0.169. The van der Waals surface area contributed by atoms with Crippen molar-refractivity contribution in [2.45, 2.75) is 27.3 Å². The average Bonchev–Trinajstić information content (AvgIpc) is 2.85. The Morgan fingerprint density at radius 1 is 1.17 bits per heavy atom. The zero-order valence-electron chi connectivity index (χ0n) is 14.0. The highest BCUT2D eigenvalue weighted by Crippen LogP contribution is 2.28. The monoisotopic (exact) mass is 317 g/mol. The minimum Gasteiger partial charge on any atom is -0.490 e. The lowest BCUT2D eigenvalue weighted by molar-refractivity contribution is 0.0950. The first-order valence-electron chi connectivity index (χ1n) is 7.72. The Morgan fingerprint density at radius 3 is 2.48 bits per heavy atom. The van der Waals surface area contributed by atoms with E-state index in [0.717, 1.165) is 11.4 Å². The fraction of sp³-hybridized carbons (Fsp3) is 0.412. The quantitative estimate of drug-likeness (QED) is 0.852. The van der Waals surface area contributed by atoms with E-state index < -0.39 is 0 Å². The van der Waals surface area contributed by atoms with Gasteiger partial charge in [-0.3, -0.25) is 9.48 Å². The summed E-state index contributed by atoms with van der Waals surface area (Å²) in [5.74, 6) is 1.05. The van der Waals surface area contributed by atoms with Gasteiger partial charge in [-0.05, 0) is 45.0 Å². The Bertz CT molecular complexity index is 660. The van der Waals surface area contributed by atoms with Crippen LogP contribution in [0, 0.1) is 6.92 Å². The van der Waals surface area contributed by atoms with Gasteiger partial charge in [-0.25, -0.2) is 0 Å². The first kappa shape index (κ1) is 16.9. The van der Waals surface area contributed by atoms with Crippen LogP contribution in [0.5, 0.6) is 11.5 Å². The maximum atomic E-state index is 12.3. The van der Waals surface area contributed by atoms with Gasteiger partial charge in [0.15, 0.2) is 11.5 Å². The van der Waals surface area contributed by atoms with E-state index in [2.05, 4.69) is 10.4 Å². The number of carbonyl (C=O) groups is 1. The summed E-state index contributed by atoms with van der Waals surface area (Å²) in [5.41, 5.74) is 2.41. The van der Waals surface area contributed by atoms with E-state index in [9.17, 15) is 4.79 Å². The number of nitrogens with zero attached hydrogens (tertiary/aromatic N) is 2. The molecule has 1 heterocycles. The van der Waals surface area contributed by atoms with E-state index in [-0.39, 0.29) is 5.91 Å². The molecule has 23 heavy (non-hydrogen) atoms. The SMILES string of the molecule is CCOc1ccc(C(=O)NCc2cc(C)n(C)n2)cc1OCC. The molecule has 1 amide bonds. The van der Waals surface area contributed by atoms with Crippen molar-refractivity contribution in [2.75, 3.05) is 13.2 Å². The molecule has 0 saturated heterocycles. The molecule has 6 nitrogen and oxygen atoms in total. The van der Waals surface area contributed by atoms with E-state index in [1.165, 1.54) is 0 Å². The fourth-order valence-electron chi connectivity index (χ4n) is 2.19. The van der Waals surface area contributed by atoms with Gasteiger partial charge in [-0.1, -0.05) is 0 Å². The van der Waals surface area contributed by atoms with Crippen LogP contribution in [0.4, 0.5) is 0 Å². The second-order valence-electron chi connectivity index (χ2n) is 5.11. The topological polar surface area (TPSA) is 65.4 Å². The van der Waals surface area contributed by atoms with Crippen molar-refractivity contribution in [3.63, 3.8) is 0 Å². The van der Waals surface area contributed by atoms with Gasteiger partial charge in [0.1, 0.15) is 0 Å². The van der Waals surface area contributed by atoms with Crippen LogP contribution in [0.15, 0.2) is 24.3 Å². The third-order valence-corrected chi connectivity index (χ3v) is 3.40. The predicted molar refractivity (Wildman–Crippen MR) is 87.9 cm³/mol. The van der Waals surface area contributed by atoms with Crippen molar-refractivity contribution in [2.24, 2.45) is 7.05 Å². The fourth-order valence-corrected chi connectivity index (χ4v) is 2.19. The van der Waals surface area contributed by atoms with Crippen LogP contribution in [0.3, 0.4) is 0 Å². The highest BCUT2D eigenvalue weighted by molar-refractivity contribution is 5.94. The van der Waals surface area contributed by atoms with E-state index in [1.54, 1.807) is 22.9 Å². The molecule has 1 N–H and O–H groups in total. The molecule has 1 aromatic heterocycles. The molecule has 2 rings (SSSR count). The summed E-state index contributed by atoms with van der Waals surface area (Å²) in [7, 11) is 1.88. The minimum absolute atomic E-state index is 0.169. The van der Waals surface area contributed by atoms with Crippen molar-refractivity contribution in [1.82, 2.24) is 15.1 Å². The lowest BCUT2D eigenvalue weighted by Crippen LogP contribution is -2.23. The number of hydrogen-bond acceptors (Lipinski definition) is 4. The summed E-state index contributed by atoms with van der Waals surface area (Å²) < 4.78 is 12.8. The molecule has 0 radical (unpaired) electrons. The van der Waals surface area contributed by atoms with E-state index in [0.29, 0.717) is 36.8 Å². The standard InChI is InChI=1S/C17H23N3O3/c1-5-22-15-8-7-13(10-16(15)23-6-2)17(21)18-11-14-9-12(3)20(4)19-14/h7-10H,5-6,11H2,1-4H3,(H,18,21). The van der Waals surface area contributed by atoms with Crippen molar-refractivity contribution in [3.05, 3.63) is 41.2 Å². The van der Waals surface area contributed by atoms with Gasteiger partial charge in [0, 0.05) is 18.3 Å². The summed E-state index contributed by atoms with van der Waals surface area (Å²) in [6.45, 7) is 7.22. The van der Waals surface area contributed by atoms with Gasteiger partial charge >= 0.3 is 0 Å². The van der Waals surface area contributed by atoms with E-state index in [1.807, 2.05) is 33.9 Å². The number of aromatic nitrogens is 2. The van der Waals surface area contributed by atoms with Crippen LogP contribution < -0.4 is 14.8 Å². The maximum absolute atomic E-state index is 12.3. The van der Waals surface area contributed by atoms with Gasteiger partial charge < -0.3 is 14.8 Å². The summed E-state index contributed by atoms with van der Waals surface area (Å²) in [5, 5.41) is 7.18. The first-order chi connectivity index (χ1) is 11.0. The second kappa shape index (κ2) is 7.67. The third kappa shape index (κ3) is 4.25. The van der Waals surface area contributed by atoms with Crippen molar-refractivity contribution in [3.8, 4) is 11.5 Å². The number of nitrogens with one attached hydrogen (secondary N) is 1. The van der Waals surface area contributed by atoms with Crippen molar-refractivity contribution >= 4 is 5.91 Å². The van der Waals surface area contributed by atoms with Crippen LogP contribution in [0.2, 0.25) is 0 Å². The number of carbonyl (C=O) groups excluding carboxylic acids is 1. The molecule has 0 aliphatic heterocycles. The zero-order valence-corrected chi connectivity index (χ0v) is 14.0. The third-order valence-electron chi connectivity index (χ3n) is 3.40. The molecular formula is C17H23N3O3. The lowest BCUT2D eigenvalue weighted by Gasteiger charge is -2.12. The summed E-state index contributed by atoms with van der Waals surface area (Å²) >= 11 is 0. The molecule has 124 valence electrons. The van der Waals surface area contributed by atoms with Gasteiger partial charge in [0.05, 0.1) is 25.5 Å². The van der Waals surface area contributed by atoms with E-state index in [4.69, 9.17) is 9.47 Å². The normalized spacial score (nSPS) is 10.4. The number of hydrogen-bond donors (Lipinski definition) is 1. The molecule has 0 aliphatic carbocycles. The molecule has 6 heteroatoms. The molecule has 1 aromatic carbocycles. The Balaban J connectivity index is 2.07. The van der Waals surface area contributed by atoms with Crippen LogP contribution in [0.1, 0.15) is 35.6 Å². The molecule has 0 atom stereocenters. The molecule has 0 unspecified atom stereocenters. The molecule has 0 saturated carbocycles. The van der Waals surface area contributed by atoms with Gasteiger partial charge in [0.2, 0.25) is 0 Å². The molecule has 0 spiro atoms. The summed E-state index contributed by atoms with van der Waals surface area (Å²) in [4.78, 5) is 12.3. The number of ether oxygens (including phenoxy) is 2. The van der Waals surface area contributed by atoms with Gasteiger partial charge in [-0.2, -0.15) is 5.10 Å². The van der Waals surface area contributed by atoms with Crippen LogP contribution in [0.25, 0.3) is 0 Å². The number of amides is 1. The smallest absolute Gasteiger partial charge is 0.251 e. The molecule has 0 aliphatic rings. The molecular weight excluding hydrogens is 294 g/mol. The maximum Gasteiger partial charge on any atom is 0.251 e. The number of benzene rings is 1. The highest BCUT2D eigenvalue weighted by Gasteiger charge is 2.12. The van der Waals surface area contributed by atoms with Crippen LogP contribution in [-0.4, -0.2) is 28.9 Å². The first-order valence-corrected chi connectivity index (χ1v) is 7.72. The van der Waals surface area contributed by atoms with E-state index >= 15 is 0 Å². The van der Waals surface area contributed by atoms with Gasteiger partial charge in [0.25, 0.3) is 5.91 Å². The Morgan fingerprint density at radius 2 is 1.87 bits per heavy atom. The lowest BCUT2D eigenvalue weighted by atomic mass is 10.2. The average molecular weight is 317 g/mol. The Labute approximate surface area is 136 Å². The number of aryl methyl sites for hydroxylation is 2. The van der Waals surface area contributed by atoms with Gasteiger partial charge in [-0.15, -0.1) is 0 Å². The largest absolute Gasteiger partial charge is 0.490 e.